The second kappa shape index (κ2) is 7.41. The van der Waals surface area contributed by atoms with Crippen LogP contribution < -0.4 is 20.3 Å². The van der Waals surface area contributed by atoms with Crippen LogP contribution in [0.2, 0.25) is 0 Å². The number of benzene rings is 2. The molecule has 0 radical (unpaired) electrons. The number of nitrogens with one attached hydrogen (secondary N) is 2. The molecule has 0 spiro atoms. The number of hydrogen-bond acceptors (Lipinski definition) is 5. The van der Waals surface area contributed by atoms with Crippen LogP contribution in [0.3, 0.4) is 0 Å². The molecule has 0 aliphatic heterocycles. The third kappa shape index (κ3) is 3.44. The number of methoxy groups -OCH3 is 2. The third-order valence-electron chi connectivity index (χ3n) is 4.37. The predicted octanol–water partition coefficient (Wildman–Crippen LogP) is 2.74. The zero-order chi connectivity index (χ0) is 19.6. The fraction of sp³-hybridized carbons (Fsp3) is 0.200. The van der Waals surface area contributed by atoms with Gasteiger partial charge in [-0.05, 0) is 18.6 Å². The number of hydrogen-bond donors (Lipinski definition) is 3. The van der Waals surface area contributed by atoms with Crippen LogP contribution in [-0.2, 0) is 0 Å². The van der Waals surface area contributed by atoms with Gasteiger partial charge in [0, 0.05) is 11.5 Å². The highest BCUT2D eigenvalue weighted by Crippen LogP contribution is 2.35. The second-order valence-electron chi connectivity index (χ2n) is 6.04. The number of rotatable bonds is 5. The average molecular weight is 368 g/mol. The van der Waals surface area contributed by atoms with Crippen LogP contribution in [-0.4, -0.2) is 30.2 Å². The maximum Gasteiger partial charge on any atom is 0.265 e. The van der Waals surface area contributed by atoms with Crippen molar-refractivity contribution in [2.45, 2.75) is 13.0 Å². The molecule has 3 rings (SSSR count). The molecule has 1 unspecified atom stereocenters. The van der Waals surface area contributed by atoms with Gasteiger partial charge in [0.15, 0.2) is 11.5 Å². The lowest BCUT2D eigenvalue weighted by atomic mass is 10.1. The third-order valence-corrected chi connectivity index (χ3v) is 4.37. The van der Waals surface area contributed by atoms with Crippen molar-refractivity contribution in [3.63, 3.8) is 0 Å². The number of aromatic hydroxyl groups is 1. The van der Waals surface area contributed by atoms with Gasteiger partial charge in [0.25, 0.3) is 11.5 Å². The van der Waals surface area contributed by atoms with Crippen molar-refractivity contribution in [1.29, 1.82) is 0 Å². The highest BCUT2D eigenvalue weighted by molar-refractivity contribution is 6.02. The van der Waals surface area contributed by atoms with E-state index in [1.807, 2.05) is 30.3 Å². The van der Waals surface area contributed by atoms with Crippen LogP contribution in [0.4, 0.5) is 0 Å². The van der Waals surface area contributed by atoms with Gasteiger partial charge < -0.3 is 24.9 Å². The molecule has 0 aliphatic carbocycles. The van der Waals surface area contributed by atoms with Gasteiger partial charge in [-0.15, -0.1) is 0 Å². The van der Waals surface area contributed by atoms with E-state index >= 15 is 0 Å². The van der Waals surface area contributed by atoms with E-state index in [1.54, 1.807) is 6.92 Å². The molecule has 0 saturated heterocycles. The summed E-state index contributed by atoms with van der Waals surface area (Å²) < 4.78 is 10.4. The lowest BCUT2D eigenvalue weighted by Crippen LogP contribution is -2.31. The Hall–Kier alpha value is -3.48. The Bertz CT molecular complexity index is 1040. The molecule has 1 atom stereocenters. The molecule has 1 aromatic heterocycles. The molecular weight excluding hydrogens is 348 g/mol. The molecule has 7 heteroatoms. The lowest BCUT2D eigenvalue weighted by Gasteiger charge is -2.15. The zero-order valence-electron chi connectivity index (χ0n) is 15.2. The normalized spacial score (nSPS) is 11.8. The summed E-state index contributed by atoms with van der Waals surface area (Å²) >= 11 is 0. The topological polar surface area (TPSA) is 101 Å². The van der Waals surface area contributed by atoms with Crippen LogP contribution >= 0.6 is 0 Å². The maximum absolute atomic E-state index is 12.6. The molecule has 140 valence electrons. The van der Waals surface area contributed by atoms with E-state index in [0.29, 0.717) is 17.0 Å². The summed E-state index contributed by atoms with van der Waals surface area (Å²) in [6.07, 6.45) is 0. The number of carbonyl (C=O) groups is 1. The maximum atomic E-state index is 12.6. The van der Waals surface area contributed by atoms with Gasteiger partial charge in [-0.1, -0.05) is 30.3 Å². The number of aromatic nitrogens is 1. The Morgan fingerprint density at radius 3 is 2.37 bits per heavy atom. The van der Waals surface area contributed by atoms with Gasteiger partial charge in [0.05, 0.1) is 25.8 Å². The molecular formula is C20H20N2O5. The number of aromatic amines is 1. The molecule has 7 nitrogen and oxygen atoms in total. The van der Waals surface area contributed by atoms with Crippen LogP contribution in [0, 0.1) is 0 Å². The van der Waals surface area contributed by atoms with E-state index < -0.39 is 17.2 Å². The largest absolute Gasteiger partial charge is 0.506 e. The minimum Gasteiger partial charge on any atom is -0.506 e. The first-order chi connectivity index (χ1) is 13.0. The first kappa shape index (κ1) is 18.3. The van der Waals surface area contributed by atoms with Crippen LogP contribution in [0.1, 0.15) is 28.9 Å². The Balaban J connectivity index is 2.03. The molecule has 0 aliphatic rings. The van der Waals surface area contributed by atoms with Crippen molar-refractivity contribution in [3.8, 4) is 17.2 Å². The van der Waals surface area contributed by atoms with E-state index in [1.165, 1.54) is 26.4 Å². The van der Waals surface area contributed by atoms with E-state index in [9.17, 15) is 14.7 Å². The van der Waals surface area contributed by atoms with Gasteiger partial charge in [-0.3, -0.25) is 9.59 Å². The smallest absolute Gasteiger partial charge is 0.265 e. The van der Waals surface area contributed by atoms with Crippen molar-refractivity contribution in [1.82, 2.24) is 10.3 Å². The Labute approximate surface area is 155 Å². The minimum absolute atomic E-state index is 0.282. The SMILES string of the molecule is COc1cc2[nH]c(=O)c(C(=O)NC(C)c3ccccc3)c(O)c2cc1OC. The molecule has 0 bridgehead atoms. The van der Waals surface area contributed by atoms with Gasteiger partial charge >= 0.3 is 0 Å². The van der Waals surface area contributed by atoms with Gasteiger partial charge in [-0.25, -0.2) is 0 Å². The summed E-state index contributed by atoms with van der Waals surface area (Å²) in [5.74, 6) is -0.305. The molecule has 3 N–H and O–H groups in total. The van der Waals surface area contributed by atoms with E-state index in [-0.39, 0.29) is 17.0 Å². The van der Waals surface area contributed by atoms with Crippen LogP contribution in [0.25, 0.3) is 10.9 Å². The minimum atomic E-state index is -0.690. The highest BCUT2D eigenvalue weighted by atomic mass is 16.5. The number of amides is 1. The monoisotopic (exact) mass is 368 g/mol. The standard InChI is InChI=1S/C20H20N2O5/c1-11(12-7-5-4-6-8-12)21-19(24)17-18(23)13-9-15(26-2)16(27-3)10-14(13)22-20(17)25/h4-11H,1-3H3,(H,21,24)(H2,22,23,25). The molecule has 0 fully saturated rings. The van der Waals surface area contributed by atoms with Gasteiger partial charge in [-0.2, -0.15) is 0 Å². The summed E-state index contributed by atoms with van der Waals surface area (Å²) in [4.78, 5) is 27.7. The number of ether oxygens (including phenoxy) is 2. The zero-order valence-corrected chi connectivity index (χ0v) is 15.2. The summed E-state index contributed by atoms with van der Waals surface area (Å²) in [6, 6.07) is 12.0. The van der Waals surface area contributed by atoms with E-state index in [4.69, 9.17) is 9.47 Å². The number of H-pyrrole nitrogens is 1. The number of pyridine rings is 1. The van der Waals surface area contributed by atoms with Gasteiger partial charge in [0.2, 0.25) is 0 Å². The quantitative estimate of drug-likeness (QED) is 0.643. The fourth-order valence-corrected chi connectivity index (χ4v) is 2.91. The molecule has 2 aromatic carbocycles. The first-order valence-electron chi connectivity index (χ1n) is 8.33. The Morgan fingerprint density at radius 2 is 1.74 bits per heavy atom. The van der Waals surface area contributed by atoms with Crippen LogP contribution in [0.5, 0.6) is 17.2 Å². The van der Waals surface area contributed by atoms with Crippen molar-refractivity contribution < 1.29 is 19.4 Å². The van der Waals surface area contributed by atoms with Crippen molar-refractivity contribution >= 4 is 16.8 Å². The van der Waals surface area contributed by atoms with E-state index in [2.05, 4.69) is 10.3 Å². The number of fused-ring (bicyclic) bond motifs is 1. The molecule has 3 aromatic rings. The van der Waals surface area contributed by atoms with Crippen molar-refractivity contribution in [2.75, 3.05) is 14.2 Å². The second-order valence-corrected chi connectivity index (χ2v) is 6.04. The van der Waals surface area contributed by atoms with Gasteiger partial charge in [0.1, 0.15) is 11.3 Å². The van der Waals surface area contributed by atoms with Crippen molar-refractivity contribution in [3.05, 3.63) is 63.9 Å². The molecule has 1 heterocycles. The fourth-order valence-electron chi connectivity index (χ4n) is 2.91. The predicted molar refractivity (Wildman–Crippen MR) is 102 cm³/mol. The van der Waals surface area contributed by atoms with E-state index in [0.717, 1.165) is 5.56 Å². The summed E-state index contributed by atoms with van der Waals surface area (Å²) in [7, 11) is 2.93. The summed E-state index contributed by atoms with van der Waals surface area (Å²) in [5.41, 5.74) is 0.180. The average Bonchev–Trinajstić information content (AvgIpc) is 2.67. The summed E-state index contributed by atoms with van der Waals surface area (Å²) in [6.45, 7) is 1.80. The number of carbonyl (C=O) groups excluding carboxylic acids is 1. The molecule has 0 saturated carbocycles. The van der Waals surface area contributed by atoms with Crippen molar-refractivity contribution in [2.24, 2.45) is 0 Å². The highest BCUT2D eigenvalue weighted by Gasteiger charge is 2.22. The Morgan fingerprint density at radius 1 is 1.11 bits per heavy atom. The summed E-state index contributed by atoms with van der Waals surface area (Å²) in [5, 5.41) is 13.6. The Kier molecular flexibility index (Phi) is 5.03. The first-order valence-corrected chi connectivity index (χ1v) is 8.33. The van der Waals surface area contributed by atoms with Crippen LogP contribution in [0.15, 0.2) is 47.3 Å². The molecule has 27 heavy (non-hydrogen) atoms. The molecule has 1 amide bonds. The lowest BCUT2D eigenvalue weighted by molar-refractivity contribution is 0.0936.